The molecule has 7 heavy (non-hydrogen) atoms. The zero-order chi connectivity index (χ0) is 5.11. The lowest BCUT2D eigenvalue weighted by Gasteiger charge is -1.75. The Bertz CT molecular complexity index is 158. The van der Waals surface area contributed by atoms with E-state index in [1.54, 1.807) is 0 Å². The van der Waals surface area contributed by atoms with Gasteiger partial charge in [0.05, 0.1) is 6.07 Å². The van der Waals surface area contributed by atoms with E-state index in [2.05, 4.69) is 6.07 Å². The molecule has 0 bridgehead atoms. The van der Waals surface area contributed by atoms with E-state index in [1.165, 1.54) is 0 Å². The summed E-state index contributed by atoms with van der Waals surface area (Å²) in [5, 5.41) is 8.21. The van der Waals surface area contributed by atoms with E-state index in [9.17, 15) is 0 Å². The number of allylic oxidation sites excluding steroid dienone is 4. The quantitative estimate of drug-likeness (QED) is 0.442. The van der Waals surface area contributed by atoms with Gasteiger partial charge in [-0.25, -0.2) is 0 Å². The fourth-order valence-electron chi connectivity index (χ4n) is 0.530. The van der Waals surface area contributed by atoms with Gasteiger partial charge in [0.25, 0.3) is 0 Å². The number of hydrogen-bond acceptors (Lipinski definition) is 1. The molecule has 0 saturated carbocycles. The van der Waals surface area contributed by atoms with Crippen molar-refractivity contribution in [2.45, 2.75) is 6.42 Å². The summed E-state index contributed by atoms with van der Waals surface area (Å²) in [6.07, 6.45) is 6.54. The molecule has 0 aromatic heterocycles. The van der Waals surface area contributed by atoms with Gasteiger partial charge in [-0.15, -0.1) is 0 Å². The minimum atomic E-state index is 0.830. The smallest absolute Gasteiger partial charge is 0.0950 e. The molecule has 1 aliphatic carbocycles. The SMILES string of the molecule is N#CC1=CC=CC1. The Labute approximate surface area is 42.6 Å². The molecule has 0 atom stereocenters. The lowest BCUT2D eigenvalue weighted by molar-refractivity contribution is 1.32. The van der Waals surface area contributed by atoms with Gasteiger partial charge in [-0.05, 0) is 6.08 Å². The highest BCUT2D eigenvalue weighted by molar-refractivity contribution is 5.33. The van der Waals surface area contributed by atoms with Gasteiger partial charge in [-0.2, -0.15) is 5.26 Å². The molecule has 1 rings (SSSR count). The highest BCUT2D eigenvalue weighted by atomic mass is 14.2. The van der Waals surface area contributed by atoms with Crippen molar-refractivity contribution in [2.24, 2.45) is 0 Å². The van der Waals surface area contributed by atoms with Gasteiger partial charge in [0, 0.05) is 12.0 Å². The van der Waals surface area contributed by atoms with Crippen LogP contribution in [0.2, 0.25) is 0 Å². The van der Waals surface area contributed by atoms with Crippen LogP contribution < -0.4 is 0 Å². The summed E-state index contributed by atoms with van der Waals surface area (Å²) in [4.78, 5) is 0. The predicted molar refractivity (Wildman–Crippen MR) is 27.5 cm³/mol. The van der Waals surface area contributed by atoms with Gasteiger partial charge in [-0.3, -0.25) is 0 Å². The van der Waals surface area contributed by atoms with Crippen molar-refractivity contribution in [3.8, 4) is 6.07 Å². The molecule has 34 valence electrons. The van der Waals surface area contributed by atoms with E-state index in [1.807, 2.05) is 18.2 Å². The first-order valence-electron chi connectivity index (χ1n) is 2.19. The number of rotatable bonds is 0. The summed E-state index contributed by atoms with van der Waals surface area (Å²) in [6, 6.07) is 2.06. The molecular formula is C6H5N. The van der Waals surface area contributed by atoms with Gasteiger partial charge in [-0.1, -0.05) is 12.2 Å². The van der Waals surface area contributed by atoms with E-state index in [4.69, 9.17) is 5.26 Å². The number of hydrogen-bond donors (Lipinski definition) is 0. The molecule has 0 N–H and O–H groups in total. The van der Waals surface area contributed by atoms with Gasteiger partial charge in [0.1, 0.15) is 0 Å². The molecule has 1 nitrogen and oxygen atoms in total. The summed E-state index contributed by atoms with van der Waals surface area (Å²) < 4.78 is 0. The largest absolute Gasteiger partial charge is 0.193 e. The van der Waals surface area contributed by atoms with Crippen LogP contribution in [0.25, 0.3) is 0 Å². The first-order valence-corrected chi connectivity index (χ1v) is 2.19. The first kappa shape index (κ1) is 4.14. The zero-order valence-electron chi connectivity index (χ0n) is 3.89. The molecule has 0 radical (unpaired) electrons. The Kier molecular flexibility index (Phi) is 0.953. The second kappa shape index (κ2) is 1.61. The molecule has 0 unspecified atom stereocenters. The maximum absolute atomic E-state index is 8.21. The third-order valence-corrected chi connectivity index (χ3v) is 0.915. The third kappa shape index (κ3) is 0.690. The second-order valence-electron chi connectivity index (χ2n) is 1.44. The van der Waals surface area contributed by atoms with Crippen LogP contribution in [0, 0.1) is 11.3 Å². The highest BCUT2D eigenvalue weighted by Gasteiger charge is 1.92. The van der Waals surface area contributed by atoms with Crippen LogP contribution in [0.3, 0.4) is 0 Å². The van der Waals surface area contributed by atoms with Crippen LogP contribution >= 0.6 is 0 Å². The Morgan fingerprint density at radius 1 is 1.71 bits per heavy atom. The number of nitrogens with zero attached hydrogens (tertiary/aromatic N) is 1. The predicted octanol–water partition coefficient (Wildman–Crippen LogP) is 1.40. The van der Waals surface area contributed by atoms with Gasteiger partial charge >= 0.3 is 0 Å². The standard InChI is InChI=1S/C6H5N/c7-5-6-3-1-2-4-6/h1-3H,4H2. The average molecular weight is 91.1 g/mol. The summed E-state index contributed by atoms with van der Waals surface area (Å²) in [5.41, 5.74) is 0.861. The molecular weight excluding hydrogens is 86.1 g/mol. The summed E-state index contributed by atoms with van der Waals surface area (Å²) in [7, 11) is 0. The topological polar surface area (TPSA) is 23.8 Å². The van der Waals surface area contributed by atoms with Crippen molar-refractivity contribution < 1.29 is 0 Å². The minimum Gasteiger partial charge on any atom is -0.193 e. The molecule has 1 heteroatoms. The van der Waals surface area contributed by atoms with Crippen LogP contribution in [0.5, 0.6) is 0 Å². The van der Waals surface area contributed by atoms with E-state index in [-0.39, 0.29) is 0 Å². The molecule has 0 aliphatic heterocycles. The van der Waals surface area contributed by atoms with E-state index in [0.717, 1.165) is 12.0 Å². The number of nitriles is 1. The Morgan fingerprint density at radius 2 is 2.57 bits per heavy atom. The maximum Gasteiger partial charge on any atom is 0.0950 e. The van der Waals surface area contributed by atoms with Crippen molar-refractivity contribution in [2.75, 3.05) is 0 Å². The Balaban J connectivity index is 2.67. The van der Waals surface area contributed by atoms with Gasteiger partial charge in [0.15, 0.2) is 0 Å². The summed E-state index contributed by atoms with van der Waals surface area (Å²) >= 11 is 0. The van der Waals surface area contributed by atoms with E-state index < -0.39 is 0 Å². The summed E-state index contributed by atoms with van der Waals surface area (Å²) in [6.45, 7) is 0. The molecule has 0 aromatic carbocycles. The molecule has 0 fully saturated rings. The van der Waals surface area contributed by atoms with Gasteiger partial charge in [0.2, 0.25) is 0 Å². The van der Waals surface area contributed by atoms with Crippen molar-refractivity contribution in [1.82, 2.24) is 0 Å². The average Bonchev–Trinajstić information content (AvgIpc) is 2.14. The molecule has 0 amide bonds. The van der Waals surface area contributed by atoms with Crippen LogP contribution in [0.1, 0.15) is 6.42 Å². The van der Waals surface area contributed by atoms with Crippen LogP contribution in [0.15, 0.2) is 23.8 Å². The van der Waals surface area contributed by atoms with Crippen molar-refractivity contribution in [3.05, 3.63) is 23.8 Å². The normalized spacial score (nSPS) is 16.1. The molecule has 1 aliphatic rings. The summed E-state index contributed by atoms with van der Waals surface area (Å²) in [5.74, 6) is 0. The zero-order valence-corrected chi connectivity index (χ0v) is 3.89. The third-order valence-electron chi connectivity index (χ3n) is 0.915. The van der Waals surface area contributed by atoms with Crippen LogP contribution in [-0.2, 0) is 0 Å². The maximum atomic E-state index is 8.21. The lowest BCUT2D eigenvalue weighted by atomic mass is 10.3. The van der Waals surface area contributed by atoms with Crippen molar-refractivity contribution in [3.63, 3.8) is 0 Å². The molecule has 0 spiro atoms. The Hall–Kier alpha value is -1.03. The fourth-order valence-corrected chi connectivity index (χ4v) is 0.530. The second-order valence-corrected chi connectivity index (χ2v) is 1.44. The molecule has 0 heterocycles. The van der Waals surface area contributed by atoms with Crippen LogP contribution in [-0.4, -0.2) is 0 Å². The Morgan fingerprint density at radius 3 is 2.86 bits per heavy atom. The van der Waals surface area contributed by atoms with Gasteiger partial charge < -0.3 is 0 Å². The first-order chi connectivity index (χ1) is 3.43. The van der Waals surface area contributed by atoms with Crippen molar-refractivity contribution >= 4 is 0 Å². The molecule has 0 aromatic rings. The monoisotopic (exact) mass is 91.0 g/mol. The van der Waals surface area contributed by atoms with E-state index in [0.29, 0.717) is 0 Å². The van der Waals surface area contributed by atoms with Crippen LogP contribution in [0.4, 0.5) is 0 Å². The highest BCUT2D eigenvalue weighted by Crippen LogP contribution is 2.06. The minimum absolute atomic E-state index is 0.830. The lowest BCUT2D eigenvalue weighted by Crippen LogP contribution is -1.64. The molecule has 0 saturated heterocycles. The fraction of sp³-hybridized carbons (Fsp3) is 0.167. The van der Waals surface area contributed by atoms with E-state index >= 15 is 0 Å². The van der Waals surface area contributed by atoms with Crippen molar-refractivity contribution in [1.29, 1.82) is 5.26 Å².